The first-order valence-electron chi connectivity index (χ1n) is 6.18. The molecule has 0 spiro atoms. The summed E-state index contributed by atoms with van der Waals surface area (Å²) in [6.07, 6.45) is 1.71. The van der Waals surface area contributed by atoms with E-state index in [0.29, 0.717) is 11.3 Å². The van der Waals surface area contributed by atoms with Crippen molar-refractivity contribution in [2.45, 2.75) is 13.0 Å². The Kier molecular flexibility index (Phi) is 6.43. The van der Waals surface area contributed by atoms with Crippen molar-refractivity contribution >= 4 is 6.21 Å². The second-order valence-electron chi connectivity index (χ2n) is 4.30. The molecule has 5 nitrogen and oxygen atoms in total. The van der Waals surface area contributed by atoms with Crippen molar-refractivity contribution in [3.8, 4) is 12.1 Å². The van der Waals surface area contributed by atoms with Gasteiger partial charge in [0, 0.05) is 38.0 Å². The summed E-state index contributed by atoms with van der Waals surface area (Å²) in [7, 11) is 3.47. The number of oxime groups is 1. The Morgan fingerprint density at radius 3 is 2.57 bits per heavy atom. The molecule has 0 atom stereocenters. The Hall–Kier alpha value is -2.86. The highest BCUT2D eigenvalue weighted by Crippen LogP contribution is 2.10. The van der Waals surface area contributed by atoms with Crippen LogP contribution in [0.5, 0.6) is 0 Å². The number of hydrogen-bond donors (Lipinski definition) is 0. The van der Waals surface area contributed by atoms with Crippen LogP contribution in [-0.4, -0.2) is 25.2 Å². The zero-order chi connectivity index (χ0) is 15.7. The van der Waals surface area contributed by atoms with Gasteiger partial charge in [-0.25, -0.2) is 4.39 Å². The van der Waals surface area contributed by atoms with E-state index in [1.54, 1.807) is 37.2 Å². The quantitative estimate of drug-likeness (QED) is 0.458. The highest BCUT2D eigenvalue weighted by Gasteiger charge is 2.07. The van der Waals surface area contributed by atoms with Crippen LogP contribution >= 0.6 is 0 Å². The van der Waals surface area contributed by atoms with Gasteiger partial charge in [0.15, 0.2) is 0 Å². The van der Waals surface area contributed by atoms with Crippen LogP contribution in [-0.2, 0) is 11.4 Å². The topological polar surface area (TPSA) is 72.4 Å². The Balaban J connectivity index is 2.59. The monoisotopic (exact) mass is 286 g/mol. The lowest BCUT2D eigenvalue weighted by Gasteiger charge is -2.14. The second kappa shape index (κ2) is 8.34. The third-order valence-electron chi connectivity index (χ3n) is 2.66. The minimum Gasteiger partial charge on any atom is -0.391 e. The van der Waals surface area contributed by atoms with Crippen molar-refractivity contribution < 1.29 is 9.23 Å². The Morgan fingerprint density at radius 1 is 1.33 bits per heavy atom. The van der Waals surface area contributed by atoms with Crippen LogP contribution < -0.4 is 0 Å². The molecule has 1 aromatic carbocycles. The van der Waals surface area contributed by atoms with E-state index in [4.69, 9.17) is 15.4 Å². The SMILES string of the molecule is CN(C)C(C/C=N/OCc1ccccc1F)=C(C#N)C#N. The molecule has 6 heteroatoms. The fraction of sp³-hybridized carbons (Fsp3) is 0.267. The summed E-state index contributed by atoms with van der Waals surface area (Å²) < 4.78 is 13.3. The summed E-state index contributed by atoms with van der Waals surface area (Å²) in [4.78, 5) is 6.67. The van der Waals surface area contributed by atoms with Crippen LogP contribution in [0.3, 0.4) is 0 Å². The smallest absolute Gasteiger partial charge is 0.149 e. The summed E-state index contributed by atoms with van der Waals surface area (Å²) in [5.41, 5.74) is 0.978. The molecule has 0 bridgehead atoms. The number of nitrogens with zero attached hydrogens (tertiary/aromatic N) is 4. The maximum atomic E-state index is 13.3. The number of allylic oxidation sites excluding steroid dienone is 2. The van der Waals surface area contributed by atoms with Crippen molar-refractivity contribution in [3.63, 3.8) is 0 Å². The zero-order valence-electron chi connectivity index (χ0n) is 11.9. The lowest BCUT2D eigenvalue weighted by molar-refractivity contribution is 0.129. The summed E-state index contributed by atoms with van der Waals surface area (Å²) in [5.74, 6) is -0.349. The van der Waals surface area contributed by atoms with E-state index >= 15 is 0 Å². The molecule has 0 aliphatic heterocycles. The van der Waals surface area contributed by atoms with Gasteiger partial charge in [0.1, 0.15) is 30.1 Å². The lowest BCUT2D eigenvalue weighted by Crippen LogP contribution is -2.13. The predicted molar refractivity (Wildman–Crippen MR) is 76.2 cm³/mol. The molecule has 0 unspecified atom stereocenters. The highest BCUT2D eigenvalue weighted by molar-refractivity contribution is 5.62. The average Bonchev–Trinajstić information content (AvgIpc) is 2.47. The van der Waals surface area contributed by atoms with E-state index in [-0.39, 0.29) is 24.4 Å². The number of hydrogen-bond acceptors (Lipinski definition) is 5. The van der Waals surface area contributed by atoms with Gasteiger partial charge in [0.2, 0.25) is 0 Å². The summed E-state index contributed by atoms with van der Waals surface area (Å²) in [6.45, 7) is 0.0214. The summed E-state index contributed by atoms with van der Waals surface area (Å²) >= 11 is 0. The molecule has 1 rings (SSSR count). The van der Waals surface area contributed by atoms with Crippen molar-refractivity contribution in [3.05, 3.63) is 46.9 Å². The van der Waals surface area contributed by atoms with E-state index in [9.17, 15) is 4.39 Å². The fourth-order valence-electron chi connectivity index (χ4n) is 1.56. The maximum Gasteiger partial charge on any atom is 0.149 e. The highest BCUT2D eigenvalue weighted by atomic mass is 19.1. The van der Waals surface area contributed by atoms with Crippen LogP contribution in [0.15, 0.2) is 40.7 Å². The van der Waals surface area contributed by atoms with Gasteiger partial charge in [-0.3, -0.25) is 0 Å². The normalized spacial score (nSPS) is 9.76. The van der Waals surface area contributed by atoms with Gasteiger partial charge in [0.25, 0.3) is 0 Å². The Bertz CT molecular complexity index is 607. The second-order valence-corrected chi connectivity index (χ2v) is 4.30. The van der Waals surface area contributed by atoms with Crippen molar-refractivity contribution in [1.29, 1.82) is 10.5 Å². The fourth-order valence-corrected chi connectivity index (χ4v) is 1.56. The first kappa shape index (κ1) is 16.2. The summed E-state index contributed by atoms with van der Waals surface area (Å²) in [6, 6.07) is 9.94. The van der Waals surface area contributed by atoms with Gasteiger partial charge in [-0.15, -0.1) is 0 Å². The number of nitriles is 2. The molecule has 0 heterocycles. The van der Waals surface area contributed by atoms with Gasteiger partial charge in [-0.2, -0.15) is 10.5 Å². The third-order valence-corrected chi connectivity index (χ3v) is 2.66. The van der Waals surface area contributed by atoms with Gasteiger partial charge < -0.3 is 9.74 Å². The molecule has 0 aromatic heterocycles. The molecule has 0 fully saturated rings. The van der Waals surface area contributed by atoms with Crippen LogP contribution in [0, 0.1) is 28.5 Å². The first-order chi connectivity index (χ1) is 10.1. The molecule has 0 aliphatic carbocycles. The van der Waals surface area contributed by atoms with Gasteiger partial charge in [-0.05, 0) is 6.07 Å². The molecule has 0 saturated carbocycles. The molecule has 0 amide bonds. The van der Waals surface area contributed by atoms with Crippen LogP contribution in [0.25, 0.3) is 0 Å². The van der Waals surface area contributed by atoms with E-state index in [1.165, 1.54) is 12.3 Å². The predicted octanol–water partition coefficient (Wildman–Crippen LogP) is 2.58. The first-order valence-corrected chi connectivity index (χ1v) is 6.18. The maximum absolute atomic E-state index is 13.3. The lowest BCUT2D eigenvalue weighted by atomic mass is 10.2. The van der Waals surface area contributed by atoms with Crippen LogP contribution in [0.4, 0.5) is 4.39 Å². The van der Waals surface area contributed by atoms with Crippen LogP contribution in [0.1, 0.15) is 12.0 Å². The molecule has 0 saturated heterocycles. The average molecular weight is 286 g/mol. The van der Waals surface area contributed by atoms with Gasteiger partial charge in [0.05, 0.1) is 0 Å². The van der Waals surface area contributed by atoms with E-state index in [1.807, 2.05) is 12.1 Å². The zero-order valence-corrected chi connectivity index (χ0v) is 11.9. The third kappa shape index (κ3) is 4.96. The molecule has 21 heavy (non-hydrogen) atoms. The molecule has 0 aliphatic rings. The standard InChI is InChI=1S/C15H15FN4O/c1-20(2)15(13(9-17)10-18)7-8-19-21-11-12-5-3-4-6-14(12)16/h3-6,8H,7,11H2,1-2H3/b19-8+. The van der Waals surface area contributed by atoms with E-state index in [2.05, 4.69) is 5.16 Å². The summed E-state index contributed by atoms with van der Waals surface area (Å²) in [5, 5.41) is 21.4. The van der Waals surface area contributed by atoms with Crippen molar-refractivity contribution in [2.75, 3.05) is 14.1 Å². The molecular weight excluding hydrogens is 271 g/mol. The Labute approximate surface area is 123 Å². The number of halogens is 1. The molecule has 0 radical (unpaired) electrons. The van der Waals surface area contributed by atoms with E-state index in [0.717, 1.165) is 0 Å². The molecular formula is C15H15FN4O. The molecule has 108 valence electrons. The largest absolute Gasteiger partial charge is 0.391 e. The molecule has 1 aromatic rings. The Morgan fingerprint density at radius 2 is 2.00 bits per heavy atom. The van der Waals surface area contributed by atoms with Gasteiger partial charge in [-0.1, -0.05) is 23.4 Å². The minimum absolute atomic E-state index is 0.0214. The van der Waals surface area contributed by atoms with Crippen molar-refractivity contribution in [1.82, 2.24) is 4.90 Å². The van der Waals surface area contributed by atoms with E-state index < -0.39 is 0 Å². The number of rotatable bonds is 6. The van der Waals surface area contributed by atoms with Crippen LogP contribution in [0.2, 0.25) is 0 Å². The minimum atomic E-state index is -0.349. The number of benzene rings is 1. The van der Waals surface area contributed by atoms with Gasteiger partial charge >= 0.3 is 0 Å². The molecule has 0 N–H and O–H groups in total. The van der Waals surface area contributed by atoms with Crippen molar-refractivity contribution in [2.24, 2.45) is 5.16 Å².